The maximum atomic E-state index is 4.20. The highest BCUT2D eigenvalue weighted by Crippen LogP contribution is 2.23. The topological polar surface area (TPSA) is 33.1 Å². The van der Waals surface area contributed by atoms with Crippen LogP contribution in [0.3, 0.4) is 0 Å². The molecule has 1 aliphatic heterocycles. The van der Waals surface area contributed by atoms with E-state index in [0.717, 1.165) is 11.6 Å². The summed E-state index contributed by atoms with van der Waals surface area (Å²) in [6.07, 6.45) is 7.85. The minimum Gasteiger partial charge on any atom is -0.380 e. The van der Waals surface area contributed by atoms with Crippen molar-refractivity contribution in [2.24, 2.45) is 13.0 Å². The molecule has 1 saturated heterocycles. The molecule has 1 aromatic heterocycles. The van der Waals surface area contributed by atoms with Gasteiger partial charge in [-0.05, 0) is 51.7 Å². The van der Waals surface area contributed by atoms with Crippen molar-refractivity contribution < 1.29 is 0 Å². The minimum atomic E-state index is 0.540. The summed E-state index contributed by atoms with van der Waals surface area (Å²) in [5, 5.41) is 7.77. The Hall–Kier alpha value is -1.03. The molecule has 1 fully saturated rings. The Bertz CT molecular complexity index is 352. The predicted octanol–water partition coefficient (Wildman–Crippen LogP) is 2.34. The third-order valence-electron chi connectivity index (χ3n) is 3.98. The summed E-state index contributed by atoms with van der Waals surface area (Å²) in [5.41, 5.74) is 1.14. The van der Waals surface area contributed by atoms with Crippen molar-refractivity contribution in [3.63, 3.8) is 0 Å². The van der Waals surface area contributed by atoms with E-state index in [2.05, 4.69) is 29.2 Å². The zero-order valence-corrected chi connectivity index (χ0v) is 11.9. The van der Waals surface area contributed by atoms with E-state index < -0.39 is 0 Å². The van der Waals surface area contributed by atoms with Crippen LogP contribution in [-0.4, -0.2) is 40.4 Å². The fraction of sp³-hybridized carbons (Fsp3) is 0.786. The van der Waals surface area contributed by atoms with Gasteiger partial charge < -0.3 is 10.2 Å². The van der Waals surface area contributed by atoms with Gasteiger partial charge in [0.2, 0.25) is 0 Å². The van der Waals surface area contributed by atoms with Crippen molar-refractivity contribution in [1.82, 2.24) is 14.7 Å². The second kappa shape index (κ2) is 6.23. The lowest BCUT2D eigenvalue weighted by atomic mass is 9.90. The first-order chi connectivity index (χ1) is 8.69. The van der Waals surface area contributed by atoms with Crippen LogP contribution in [0.15, 0.2) is 12.4 Å². The van der Waals surface area contributed by atoms with Crippen LogP contribution in [0.5, 0.6) is 0 Å². The average Bonchev–Trinajstić information content (AvgIpc) is 2.76. The molecular weight excluding hydrogens is 224 g/mol. The van der Waals surface area contributed by atoms with Crippen LogP contribution in [0, 0.1) is 5.92 Å². The third-order valence-corrected chi connectivity index (χ3v) is 3.98. The number of likely N-dealkylation sites (tertiary alicyclic amines) is 1. The SMILES string of the molecule is CCCN1CCC(C(C)Nc2cnn(C)c2)CC1. The lowest BCUT2D eigenvalue weighted by Crippen LogP contribution is -2.39. The van der Waals surface area contributed by atoms with Gasteiger partial charge >= 0.3 is 0 Å². The summed E-state index contributed by atoms with van der Waals surface area (Å²) in [6, 6.07) is 0.540. The standard InChI is InChI=1S/C14H26N4/c1-4-7-18-8-5-13(6-9-18)12(2)16-14-10-15-17(3)11-14/h10-13,16H,4-9H2,1-3H3. The number of hydrogen-bond acceptors (Lipinski definition) is 3. The third kappa shape index (κ3) is 3.48. The van der Waals surface area contributed by atoms with E-state index in [1.165, 1.54) is 38.9 Å². The summed E-state index contributed by atoms with van der Waals surface area (Å²) in [5.74, 6) is 0.790. The smallest absolute Gasteiger partial charge is 0.0728 e. The van der Waals surface area contributed by atoms with E-state index >= 15 is 0 Å². The fourth-order valence-electron chi connectivity index (χ4n) is 2.87. The summed E-state index contributed by atoms with van der Waals surface area (Å²) in [4.78, 5) is 2.59. The summed E-state index contributed by atoms with van der Waals surface area (Å²) >= 11 is 0. The largest absolute Gasteiger partial charge is 0.380 e. The molecule has 102 valence electrons. The van der Waals surface area contributed by atoms with Gasteiger partial charge in [0.05, 0.1) is 11.9 Å². The number of aryl methyl sites for hydroxylation is 1. The van der Waals surface area contributed by atoms with Crippen molar-refractivity contribution >= 4 is 5.69 Å². The summed E-state index contributed by atoms with van der Waals surface area (Å²) in [6.45, 7) is 8.35. The Kier molecular flexibility index (Phi) is 4.64. The van der Waals surface area contributed by atoms with Crippen LogP contribution < -0.4 is 5.32 Å². The van der Waals surface area contributed by atoms with E-state index in [9.17, 15) is 0 Å². The van der Waals surface area contributed by atoms with Crippen molar-refractivity contribution in [3.8, 4) is 0 Å². The van der Waals surface area contributed by atoms with Crippen molar-refractivity contribution in [3.05, 3.63) is 12.4 Å². The van der Waals surface area contributed by atoms with Crippen LogP contribution in [0.2, 0.25) is 0 Å². The van der Waals surface area contributed by atoms with Crippen LogP contribution in [-0.2, 0) is 7.05 Å². The molecule has 0 spiro atoms. The number of anilines is 1. The van der Waals surface area contributed by atoms with Crippen LogP contribution >= 0.6 is 0 Å². The van der Waals surface area contributed by atoms with Crippen LogP contribution in [0.4, 0.5) is 5.69 Å². The Labute approximate surface area is 110 Å². The van der Waals surface area contributed by atoms with Crippen molar-refractivity contribution in [2.75, 3.05) is 25.0 Å². The Morgan fingerprint density at radius 3 is 2.72 bits per heavy atom. The Morgan fingerprint density at radius 1 is 1.44 bits per heavy atom. The summed E-state index contributed by atoms with van der Waals surface area (Å²) in [7, 11) is 1.96. The predicted molar refractivity (Wildman–Crippen MR) is 75.7 cm³/mol. The molecule has 1 atom stereocenters. The maximum absolute atomic E-state index is 4.20. The first-order valence-electron chi connectivity index (χ1n) is 7.16. The average molecular weight is 250 g/mol. The molecule has 1 N–H and O–H groups in total. The van der Waals surface area contributed by atoms with Gasteiger partial charge in [-0.3, -0.25) is 4.68 Å². The lowest BCUT2D eigenvalue weighted by molar-refractivity contribution is 0.176. The first kappa shape index (κ1) is 13.4. The number of nitrogens with zero attached hydrogens (tertiary/aromatic N) is 3. The van der Waals surface area contributed by atoms with E-state index in [4.69, 9.17) is 0 Å². The fourth-order valence-corrected chi connectivity index (χ4v) is 2.87. The molecule has 2 heterocycles. The highest BCUT2D eigenvalue weighted by molar-refractivity contribution is 5.39. The minimum absolute atomic E-state index is 0.540. The molecule has 2 rings (SSSR count). The normalized spacial score (nSPS) is 19.9. The molecule has 4 heteroatoms. The molecular formula is C14H26N4. The molecule has 0 radical (unpaired) electrons. The highest BCUT2D eigenvalue weighted by Gasteiger charge is 2.23. The molecule has 4 nitrogen and oxygen atoms in total. The van der Waals surface area contributed by atoms with E-state index in [0.29, 0.717) is 6.04 Å². The molecule has 0 saturated carbocycles. The first-order valence-corrected chi connectivity index (χ1v) is 7.16. The monoisotopic (exact) mass is 250 g/mol. The number of hydrogen-bond donors (Lipinski definition) is 1. The lowest BCUT2D eigenvalue weighted by Gasteiger charge is -2.35. The van der Waals surface area contributed by atoms with Crippen molar-refractivity contribution in [1.29, 1.82) is 0 Å². The number of nitrogens with one attached hydrogen (secondary N) is 1. The zero-order valence-electron chi connectivity index (χ0n) is 11.9. The van der Waals surface area contributed by atoms with Crippen LogP contribution in [0.1, 0.15) is 33.1 Å². The van der Waals surface area contributed by atoms with E-state index in [1.807, 2.05) is 24.1 Å². The molecule has 0 aliphatic carbocycles. The Balaban J connectivity index is 1.78. The second-order valence-electron chi connectivity index (χ2n) is 5.51. The van der Waals surface area contributed by atoms with Gasteiger partial charge in [0.1, 0.15) is 0 Å². The Morgan fingerprint density at radius 2 is 2.17 bits per heavy atom. The van der Waals surface area contributed by atoms with Gasteiger partial charge in [0.25, 0.3) is 0 Å². The number of rotatable bonds is 5. The maximum Gasteiger partial charge on any atom is 0.0728 e. The van der Waals surface area contributed by atoms with E-state index in [1.54, 1.807) is 0 Å². The quantitative estimate of drug-likeness (QED) is 0.871. The molecule has 0 amide bonds. The zero-order chi connectivity index (χ0) is 13.0. The highest BCUT2D eigenvalue weighted by atomic mass is 15.3. The number of aromatic nitrogens is 2. The summed E-state index contributed by atoms with van der Waals surface area (Å²) < 4.78 is 1.85. The molecule has 18 heavy (non-hydrogen) atoms. The van der Waals surface area contributed by atoms with Gasteiger partial charge in [0, 0.05) is 19.3 Å². The molecule has 1 aromatic rings. The van der Waals surface area contributed by atoms with Crippen molar-refractivity contribution in [2.45, 2.75) is 39.2 Å². The van der Waals surface area contributed by atoms with E-state index in [-0.39, 0.29) is 0 Å². The van der Waals surface area contributed by atoms with Gasteiger partial charge in [-0.1, -0.05) is 6.92 Å². The van der Waals surface area contributed by atoms with Gasteiger partial charge in [-0.15, -0.1) is 0 Å². The van der Waals surface area contributed by atoms with Gasteiger partial charge in [-0.25, -0.2) is 0 Å². The molecule has 0 bridgehead atoms. The molecule has 0 aromatic carbocycles. The molecule has 1 aliphatic rings. The van der Waals surface area contributed by atoms with Gasteiger partial charge in [-0.2, -0.15) is 5.10 Å². The van der Waals surface area contributed by atoms with Gasteiger partial charge in [0.15, 0.2) is 0 Å². The number of piperidine rings is 1. The second-order valence-corrected chi connectivity index (χ2v) is 5.51. The van der Waals surface area contributed by atoms with Crippen LogP contribution in [0.25, 0.3) is 0 Å². The molecule has 1 unspecified atom stereocenters.